The molecule has 2 heterocycles. The van der Waals surface area contributed by atoms with Crippen LogP contribution in [0.5, 0.6) is 0 Å². The second-order valence-electron chi connectivity index (χ2n) is 8.27. The lowest BCUT2D eigenvalue weighted by Gasteiger charge is -2.34. The number of piperidine rings is 1. The van der Waals surface area contributed by atoms with Gasteiger partial charge in [0.1, 0.15) is 6.54 Å². The molecule has 2 aliphatic rings. The molecule has 2 aliphatic heterocycles. The maximum absolute atomic E-state index is 12.3. The predicted octanol–water partition coefficient (Wildman–Crippen LogP) is 2.50. The van der Waals surface area contributed by atoms with Crippen LogP contribution in [0.3, 0.4) is 0 Å². The van der Waals surface area contributed by atoms with Gasteiger partial charge in [0, 0.05) is 32.5 Å². The molecule has 1 N–H and O–H groups in total. The average Bonchev–Trinajstić information content (AvgIpc) is 2.67. The van der Waals surface area contributed by atoms with Crippen molar-refractivity contribution in [3.63, 3.8) is 0 Å². The van der Waals surface area contributed by atoms with Crippen molar-refractivity contribution in [3.05, 3.63) is 35.9 Å². The predicted molar refractivity (Wildman–Crippen MR) is 111 cm³/mol. The summed E-state index contributed by atoms with van der Waals surface area (Å²) >= 11 is 0. The number of carbonyl (C=O) groups is 2. The summed E-state index contributed by atoms with van der Waals surface area (Å²) in [5.41, 5.74) is 1.87. The minimum Gasteiger partial charge on any atom is -0.354 e. The molecular weight excluding hydrogens is 352 g/mol. The van der Waals surface area contributed by atoms with E-state index in [4.69, 9.17) is 0 Å². The SMILES string of the molecule is C[C@H]1C[C@H](C)CN(CCCNC(=O)CN2N=C(c3ccccc3)CCC2=O)C1. The molecule has 0 radical (unpaired) electrons. The molecule has 3 rings (SSSR count). The molecule has 0 bridgehead atoms. The highest BCUT2D eigenvalue weighted by atomic mass is 16.2. The molecule has 1 fully saturated rings. The quantitative estimate of drug-likeness (QED) is 0.735. The molecule has 2 amide bonds. The number of likely N-dealkylation sites (tertiary alicyclic amines) is 1. The molecule has 0 saturated carbocycles. The molecule has 0 aliphatic carbocycles. The maximum Gasteiger partial charge on any atom is 0.243 e. The highest BCUT2D eigenvalue weighted by Crippen LogP contribution is 2.20. The normalized spacial score (nSPS) is 23.4. The van der Waals surface area contributed by atoms with Crippen LogP contribution < -0.4 is 5.32 Å². The number of hydrogen-bond donors (Lipinski definition) is 1. The van der Waals surface area contributed by atoms with Crippen LogP contribution in [0.15, 0.2) is 35.4 Å². The Morgan fingerprint density at radius 1 is 1.14 bits per heavy atom. The van der Waals surface area contributed by atoms with Crippen LogP contribution >= 0.6 is 0 Å². The number of benzene rings is 1. The molecule has 1 aromatic rings. The van der Waals surface area contributed by atoms with Crippen molar-refractivity contribution in [2.75, 3.05) is 32.7 Å². The third-order valence-corrected chi connectivity index (χ3v) is 5.42. The van der Waals surface area contributed by atoms with Gasteiger partial charge in [-0.3, -0.25) is 9.59 Å². The lowest BCUT2D eigenvalue weighted by Crippen LogP contribution is -2.42. The van der Waals surface area contributed by atoms with Crippen LogP contribution in [0.4, 0.5) is 0 Å². The van der Waals surface area contributed by atoms with Gasteiger partial charge in [-0.1, -0.05) is 44.2 Å². The van der Waals surface area contributed by atoms with Crippen molar-refractivity contribution < 1.29 is 9.59 Å². The number of hydrogen-bond acceptors (Lipinski definition) is 4. The summed E-state index contributed by atoms with van der Waals surface area (Å²) in [7, 11) is 0. The van der Waals surface area contributed by atoms with Crippen molar-refractivity contribution in [3.8, 4) is 0 Å². The Labute approximate surface area is 168 Å². The molecule has 2 atom stereocenters. The Hall–Kier alpha value is -2.21. The van der Waals surface area contributed by atoms with Crippen molar-refractivity contribution >= 4 is 17.5 Å². The Morgan fingerprint density at radius 3 is 2.57 bits per heavy atom. The minimum atomic E-state index is -0.146. The Morgan fingerprint density at radius 2 is 1.86 bits per heavy atom. The lowest BCUT2D eigenvalue weighted by molar-refractivity contribution is -0.136. The van der Waals surface area contributed by atoms with Crippen LogP contribution in [0, 0.1) is 11.8 Å². The van der Waals surface area contributed by atoms with E-state index in [1.807, 2.05) is 30.3 Å². The molecule has 0 spiro atoms. The molecule has 0 aromatic heterocycles. The number of amides is 2. The summed E-state index contributed by atoms with van der Waals surface area (Å²) in [6, 6.07) is 9.82. The van der Waals surface area contributed by atoms with Gasteiger partial charge in [-0.25, -0.2) is 5.01 Å². The summed E-state index contributed by atoms with van der Waals surface area (Å²) < 4.78 is 0. The topological polar surface area (TPSA) is 65.0 Å². The summed E-state index contributed by atoms with van der Waals surface area (Å²) in [5.74, 6) is 1.26. The summed E-state index contributed by atoms with van der Waals surface area (Å²) in [5, 5.41) is 8.68. The first-order chi connectivity index (χ1) is 13.5. The third kappa shape index (κ3) is 5.89. The third-order valence-electron chi connectivity index (χ3n) is 5.42. The first kappa shape index (κ1) is 20.5. The first-order valence-corrected chi connectivity index (χ1v) is 10.4. The monoisotopic (exact) mass is 384 g/mol. The van der Waals surface area contributed by atoms with Crippen LogP contribution in [0.25, 0.3) is 0 Å². The van der Waals surface area contributed by atoms with E-state index >= 15 is 0 Å². The van der Waals surface area contributed by atoms with Crippen LogP contribution in [-0.4, -0.2) is 60.2 Å². The van der Waals surface area contributed by atoms with Crippen LogP contribution in [0.1, 0.15) is 45.1 Å². The van der Waals surface area contributed by atoms with Gasteiger partial charge in [0.2, 0.25) is 11.8 Å². The van der Waals surface area contributed by atoms with E-state index < -0.39 is 0 Å². The van der Waals surface area contributed by atoms with E-state index in [9.17, 15) is 9.59 Å². The fourth-order valence-electron chi connectivity index (χ4n) is 4.26. The second kappa shape index (κ2) is 9.82. The smallest absolute Gasteiger partial charge is 0.243 e. The van der Waals surface area contributed by atoms with Crippen molar-refractivity contribution in [2.24, 2.45) is 16.9 Å². The fourth-order valence-corrected chi connectivity index (χ4v) is 4.26. The molecule has 6 heteroatoms. The van der Waals surface area contributed by atoms with Gasteiger partial charge in [0.05, 0.1) is 5.71 Å². The van der Waals surface area contributed by atoms with Gasteiger partial charge in [-0.15, -0.1) is 0 Å². The van der Waals surface area contributed by atoms with Crippen molar-refractivity contribution in [1.29, 1.82) is 0 Å². The Balaban J connectivity index is 1.43. The van der Waals surface area contributed by atoms with Crippen LogP contribution in [-0.2, 0) is 9.59 Å². The molecule has 6 nitrogen and oxygen atoms in total. The summed E-state index contributed by atoms with van der Waals surface area (Å²) in [4.78, 5) is 26.9. The van der Waals surface area contributed by atoms with E-state index in [-0.39, 0.29) is 18.4 Å². The van der Waals surface area contributed by atoms with E-state index in [0.29, 0.717) is 19.4 Å². The summed E-state index contributed by atoms with van der Waals surface area (Å²) in [6.45, 7) is 8.56. The highest BCUT2D eigenvalue weighted by Gasteiger charge is 2.24. The molecule has 152 valence electrons. The van der Waals surface area contributed by atoms with E-state index in [1.165, 1.54) is 11.4 Å². The fraction of sp³-hybridized carbons (Fsp3) is 0.591. The Kier molecular flexibility index (Phi) is 7.20. The zero-order chi connectivity index (χ0) is 19.9. The number of nitrogens with zero attached hydrogens (tertiary/aromatic N) is 3. The molecule has 28 heavy (non-hydrogen) atoms. The highest BCUT2D eigenvalue weighted by molar-refractivity contribution is 6.04. The van der Waals surface area contributed by atoms with Crippen molar-refractivity contribution in [2.45, 2.75) is 39.5 Å². The van der Waals surface area contributed by atoms with Gasteiger partial charge >= 0.3 is 0 Å². The lowest BCUT2D eigenvalue weighted by atomic mass is 9.92. The van der Waals surface area contributed by atoms with Crippen molar-refractivity contribution in [1.82, 2.24) is 15.2 Å². The number of rotatable bonds is 7. The molecular formula is C22H32N4O2. The standard InChI is InChI=1S/C22H32N4O2/c1-17-13-18(2)15-25(14-17)12-6-11-23-21(27)16-26-22(28)10-9-20(24-26)19-7-4-3-5-8-19/h3-5,7-8,17-18H,6,9-16H2,1-2H3,(H,23,27)/t17-,18-/m0/s1. The van der Waals surface area contributed by atoms with Crippen LogP contribution in [0.2, 0.25) is 0 Å². The first-order valence-electron chi connectivity index (χ1n) is 10.4. The van der Waals surface area contributed by atoms with E-state index in [2.05, 4.69) is 29.2 Å². The van der Waals surface area contributed by atoms with Gasteiger partial charge in [-0.05, 0) is 36.8 Å². The summed E-state index contributed by atoms with van der Waals surface area (Å²) in [6.07, 6.45) is 3.25. The van der Waals surface area contributed by atoms with Gasteiger partial charge in [0.15, 0.2) is 0 Å². The minimum absolute atomic E-state index is 0.00699. The second-order valence-corrected chi connectivity index (χ2v) is 8.27. The average molecular weight is 385 g/mol. The molecule has 1 saturated heterocycles. The molecule has 1 aromatic carbocycles. The number of carbonyl (C=O) groups excluding carboxylic acids is 2. The van der Waals surface area contributed by atoms with E-state index in [0.717, 1.165) is 49.2 Å². The van der Waals surface area contributed by atoms with Gasteiger partial charge in [-0.2, -0.15) is 5.10 Å². The zero-order valence-corrected chi connectivity index (χ0v) is 17.1. The Bertz CT molecular complexity index is 694. The van der Waals surface area contributed by atoms with Gasteiger partial charge in [0.25, 0.3) is 0 Å². The zero-order valence-electron chi connectivity index (χ0n) is 17.1. The largest absolute Gasteiger partial charge is 0.354 e. The number of nitrogens with one attached hydrogen (secondary N) is 1. The maximum atomic E-state index is 12.3. The molecule has 0 unspecified atom stereocenters. The van der Waals surface area contributed by atoms with Gasteiger partial charge < -0.3 is 10.2 Å². The van der Waals surface area contributed by atoms with E-state index in [1.54, 1.807) is 0 Å². The number of hydrazone groups is 1.